The summed E-state index contributed by atoms with van der Waals surface area (Å²) in [6.07, 6.45) is 1.64. The van der Waals surface area contributed by atoms with Gasteiger partial charge < -0.3 is 4.74 Å². The number of hydrogen-bond acceptors (Lipinski definition) is 2. The first-order chi connectivity index (χ1) is 8.72. The Morgan fingerprint density at radius 3 is 2.50 bits per heavy atom. The Balaban J connectivity index is 2.36. The van der Waals surface area contributed by atoms with Gasteiger partial charge in [-0.05, 0) is 23.6 Å². The second kappa shape index (κ2) is 3.84. The maximum Gasteiger partial charge on any atom is 0.340 e. The van der Waals surface area contributed by atoms with Crippen molar-refractivity contribution in [3.8, 4) is 0 Å². The maximum atomic E-state index is 12.2. The maximum absolute atomic E-state index is 12.2. The van der Waals surface area contributed by atoms with E-state index in [4.69, 9.17) is 4.74 Å². The topological polar surface area (TPSA) is 26.3 Å². The van der Waals surface area contributed by atoms with Gasteiger partial charge in [-0.2, -0.15) is 0 Å². The van der Waals surface area contributed by atoms with Crippen molar-refractivity contribution in [2.75, 3.05) is 0 Å². The summed E-state index contributed by atoms with van der Waals surface area (Å²) in [5.74, 6) is -0.175. The third-order valence-electron chi connectivity index (χ3n) is 4.05. The van der Waals surface area contributed by atoms with Crippen molar-refractivity contribution in [2.45, 2.75) is 32.3 Å². The number of fused-ring (bicyclic) bond motifs is 3. The van der Waals surface area contributed by atoms with Crippen molar-refractivity contribution < 1.29 is 9.53 Å². The lowest BCUT2D eigenvalue weighted by Crippen LogP contribution is -2.23. The molecule has 2 aromatic carbocycles. The van der Waals surface area contributed by atoms with E-state index in [1.165, 1.54) is 0 Å². The molecule has 0 fully saturated rings. The third kappa shape index (κ3) is 1.32. The predicted octanol–water partition coefficient (Wildman–Crippen LogP) is 4.03. The number of carbonyl (C=O) groups is 1. The van der Waals surface area contributed by atoms with Crippen molar-refractivity contribution >= 4 is 16.7 Å². The van der Waals surface area contributed by atoms with Crippen LogP contribution >= 0.6 is 0 Å². The molecule has 0 saturated heterocycles. The number of cyclic esters (lactones) is 1. The molecule has 0 aliphatic carbocycles. The minimum Gasteiger partial charge on any atom is -0.451 e. The van der Waals surface area contributed by atoms with Crippen LogP contribution < -0.4 is 0 Å². The van der Waals surface area contributed by atoms with Crippen LogP contribution in [0.4, 0.5) is 0 Å². The van der Waals surface area contributed by atoms with Gasteiger partial charge in [0, 0.05) is 5.56 Å². The van der Waals surface area contributed by atoms with E-state index in [-0.39, 0.29) is 5.97 Å². The molecular formula is C16H16O2. The smallest absolute Gasteiger partial charge is 0.340 e. The minimum atomic E-state index is -0.420. The van der Waals surface area contributed by atoms with Gasteiger partial charge in [0.25, 0.3) is 0 Å². The van der Waals surface area contributed by atoms with E-state index in [1.54, 1.807) is 0 Å². The molecule has 1 aliphatic heterocycles. The lowest BCUT2D eigenvalue weighted by molar-refractivity contribution is -0.0125. The van der Waals surface area contributed by atoms with Crippen LogP contribution in [0.25, 0.3) is 10.8 Å². The zero-order chi connectivity index (χ0) is 12.8. The van der Waals surface area contributed by atoms with Gasteiger partial charge in [0.15, 0.2) is 0 Å². The van der Waals surface area contributed by atoms with E-state index >= 15 is 0 Å². The fourth-order valence-electron chi connectivity index (χ4n) is 2.93. The first-order valence-electron chi connectivity index (χ1n) is 6.47. The molecule has 0 amide bonds. The number of esters is 1. The van der Waals surface area contributed by atoms with E-state index in [2.05, 4.69) is 26.0 Å². The zero-order valence-corrected chi connectivity index (χ0v) is 10.7. The molecule has 0 N–H and O–H groups in total. The lowest BCUT2D eigenvalue weighted by Gasteiger charge is -2.25. The molecule has 2 nitrogen and oxygen atoms in total. The van der Waals surface area contributed by atoms with Gasteiger partial charge in [-0.15, -0.1) is 0 Å². The summed E-state index contributed by atoms with van der Waals surface area (Å²) in [5.41, 5.74) is 1.39. The Hall–Kier alpha value is -1.83. The highest BCUT2D eigenvalue weighted by Gasteiger charge is 2.43. The SMILES string of the molecule is CCC1(CC)OC(=O)c2c1ccc1ccccc21. The Bertz CT molecular complexity index is 624. The van der Waals surface area contributed by atoms with E-state index < -0.39 is 5.60 Å². The molecule has 0 aromatic heterocycles. The molecule has 92 valence electrons. The average molecular weight is 240 g/mol. The van der Waals surface area contributed by atoms with Crippen LogP contribution in [0.3, 0.4) is 0 Å². The van der Waals surface area contributed by atoms with Crippen molar-refractivity contribution in [3.63, 3.8) is 0 Å². The molecule has 0 saturated carbocycles. The second-order valence-corrected chi connectivity index (χ2v) is 4.80. The number of hydrogen-bond donors (Lipinski definition) is 0. The quantitative estimate of drug-likeness (QED) is 0.741. The van der Waals surface area contributed by atoms with Crippen LogP contribution in [0.15, 0.2) is 36.4 Å². The Morgan fingerprint density at radius 2 is 1.78 bits per heavy atom. The summed E-state index contributed by atoms with van der Waals surface area (Å²) >= 11 is 0. The van der Waals surface area contributed by atoms with E-state index in [0.29, 0.717) is 0 Å². The van der Waals surface area contributed by atoms with Gasteiger partial charge in [-0.25, -0.2) is 4.79 Å². The summed E-state index contributed by atoms with van der Waals surface area (Å²) < 4.78 is 5.69. The van der Waals surface area contributed by atoms with Crippen molar-refractivity contribution in [2.24, 2.45) is 0 Å². The van der Waals surface area contributed by atoms with Gasteiger partial charge >= 0.3 is 5.97 Å². The molecule has 0 unspecified atom stereocenters. The molecule has 0 bridgehead atoms. The van der Waals surface area contributed by atoms with E-state index in [0.717, 1.165) is 34.7 Å². The molecule has 0 spiro atoms. The summed E-state index contributed by atoms with van der Waals surface area (Å²) in [6, 6.07) is 12.1. The molecule has 1 aliphatic rings. The average Bonchev–Trinajstić information content (AvgIpc) is 2.72. The van der Waals surface area contributed by atoms with Gasteiger partial charge in [-0.3, -0.25) is 0 Å². The second-order valence-electron chi connectivity index (χ2n) is 4.80. The molecule has 2 heteroatoms. The first-order valence-corrected chi connectivity index (χ1v) is 6.47. The fourth-order valence-corrected chi connectivity index (χ4v) is 2.93. The number of rotatable bonds is 2. The van der Waals surface area contributed by atoms with Crippen LogP contribution in [0, 0.1) is 0 Å². The van der Waals surface area contributed by atoms with Crippen LogP contribution in [-0.4, -0.2) is 5.97 Å². The highest BCUT2D eigenvalue weighted by atomic mass is 16.6. The molecular weight excluding hydrogens is 224 g/mol. The van der Waals surface area contributed by atoms with E-state index in [9.17, 15) is 4.79 Å². The molecule has 18 heavy (non-hydrogen) atoms. The standard InChI is InChI=1S/C16H16O2/c1-3-16(4-2)13-10-9-11-7-5-6-8-12(11)14(13)15(17)18-16/h5-10H,3-4H2,1-2H3. The van der Waals surface area contributed by atoms with Gasteiger partial charge in [0.05, 0.1) is 5.56 Å². The van der Waals surface area contributed by atoms with Gasteiger partial charge in [0.1, 0.15) is 5.60 Å². The van der Waals surface area contributed by atoms with Crippen LogP contribution in [0.1, 0.15) is 42.6 Å². The first kappa shape index (κ1) is 11.3. The van der Waals surface area contributed by atoms with Crippen molar-refractivity contribution in [1.29, 1.82) is 0 Å². The summed E-state index contributed by atoms with van der Waals surface area (Å²) in [4.78, 5) is 12.2. The Morgan fingerprint density at radius 1 is 1.06 bits per heavy atom. The van der Waals surface area contributed by atoms with Gasteiger partial charge in [-0.1, -0.05) is 50.2 Å². The summed E-state index contributed by atoms with van der Waals surface area (Å²) in [5, 5.41) is 2.10. The molecule has 0 atom stereocenters. The number of carbonyl (C=O) groups excluding carboxylic acids is 1. The Labute approximate surface area is 107 Å². The highest BCUT2D eigenvalue weighted by Crippen LogP contribution is 2.44. The third-order valence-corrected chi connectivity index (χ3v) is 4.05. The molecule has 1 heterocycles. The Kier molecular flexibility index (Phi) is 2.40. The molecule has 2 aromatic rings. The van der Waals surface area contributed by atoms with E-state index in [1.807, 2.05) is 24.3 Å². The van der Waals surface area contributed by atoms with Crippen molar-refractivity contribution in [1.82, 2.24) is 0 Å². The van der Waals surface area contributed by atoms with Crippen LogP contribution in [0.2, 0.25) is 0 Å². The number of benzene rings is 2. The monoisotopic (exact) mass is 240 g/mol. The minimum absolute atomic E-state index is 0.175. The fraction of sp³-hybridized carbons (Fsp3) is 0.312. The summed E-state index contributed by atoms with van der Waals surface area (Å²) in [6.45, 7) is 4.14. The van der Waals surface area contributed by atoms with Crippen LogP contribution in [0.5, 0.6) is 0 Å². The molecule has 0 radical (unpaired) electrons. The molecule has 3 rings (SSSR count). The number of ether oxygens (including phenoxy) is 1. The normalized spacial score (nSPS) is 16.7. The van der Waals surface area contributed by atoms with Crippen molar-refractivity contribution in [3.05, 3.63) is 47.5 Å². The highest BCUT2D eigenvalue weighted by molar-refractivity contribution is 6.08. The zero-order valence-electron chi connectivity index (χ0n) is 10.7. The lowest BCUT2D eigenvalue weighted by atomic mass is 9.86. The van der Waals surface area contributed by atoms with Crippen LogP contribution in [-0.2, 0) is 10.3 Å². The largest absolute Gasteiger partial charge is 0.451 e. The van der Waals surface area contributed by atoms with Gasteiger partial charge in [0.2, 0.25) is 0 Å². The predicted molar refractivity (Wildman–Crippen MR) is 71.6 cm³/mol. The summed E-state index contributed by atoms with van der Waals surface area (Å²) in [7, 11) is 0.